The molecule has 1 aromatic carbocycles. The molecule has 2 N–H and O–H groups in total. The van der Waals surface area contributed by atoms with Gasteiger partial charge in [0.1, 0.15) is 0 Å². The number of carbonyl (C=O) groups is 2. The largest absolute Gasteiger partial charge is 0.335 e. The van der Waals surface area contributed by atoms with Crippen LogP contribution in [0.4, 0.5) is 9.93 Å². The lowest BCUT2D eigenvalue weighted by atomic mass is 10.1. The fourth-order valence-corrected chi connectivity index (χ4v) is 4.82. The van der Waals surface area contributed by atoms with Crippen LogP contribution >= 0.6 is 22.9 Å². The summed E-state index contributed by atoms with van der Waals surface area (Å²) in [5.74, 6) is -0.0370. The molecule has 3 amide bonds. The van der Waals surface area contributed by atoms with Crippen molar-refractivity contribution in [2.45, 2.75) is 44.7 Å². The molecular formula is C19H21ClN4O2S. The minimum Gasteiger partial charge on any atom is -0.335 e. The zero-order valence-corrected chi connectivity index (χ0v) is 16.4. The third kappa shape index (κ3) is 4.25. The van der Waals surface area contributed by atoms with Crippen LogP contribution in [-0.2, 0) is 13.0 Å². The zero-order valence-electron chi connectivity index (χ0n) is 14.8. The van der Waals surface area contributed by atoms with Gasteiger partial charge in [0, 0.05) is 34.5 Å². The quantitative estimate of drug-likeness (QED) is 0.810. The third-order valence-electron chi connectivity index (χ3n) is 5.00. The van der Waals surface area contributed by atoms with E-state index in [1.165, 1.54) is 24.2 Å². The highest BCUT2D eigenvalue weighted by atomic mass is 35.5. The minimum atomic E-state index is -0.195. The fourth-order valence-electron chi connectivity index (χ4n) is 3.62. The van der Waals surface area contributed by atoms with Gasteiger partial charge in [0.15, 0.2) is 5.13 Å². The Kier molecular flexibility index (Phi) is 5.31. The molecule has 142 valence electrons. The summed E-state index contributed by atoms with van der Waals surface area (Å²) in [5, 5.41) is 6.99. The summed E-state index contributed by atoms with van der Waals surface area (Å²) in [6.07, 6.45) is 5.12. The molecule has 27 heavy (non-hydrogen) atoms. The molecule has 2 aromatic rings. The van der Waals surface area contributed by atoms with E-state index < -0.39 is 0 Å². The van der Waals surface area contributed by atoms with Gasteiger partial charge in [-0.25, -0.2) is 9.78 Å². The number of urea groups is 1. The van der Waals surface area contributed by atoms with Gasteiger partial charge < -0.3 is 10.2 Å². The predicted molar refractivity (Wildman–Crippen MR) is 106 cm³/mol. The number of halogens is 1. The molecule has 1 fully saturated rings. The van der Waals surface area contributed by atoms with Gasteiger partial charge in [-0.05, 0) is 31.0 Å². The average molecular weight is 405 g/mol. The monoisotopic (exact) mass is 404 g/mol. The van der Waals surface area contributed by atoms with E-state index in [1.807, 2.05) is 0 Å². The summed E-state index contributed by atoms with van der Waals surface area (Å²) in [6, 6.07) is 7.07. The Hall–Kier alpha value is -2.12. The molecule has 4 rings (SSSR count). The van der Waals surface area contributed by atoms with E-state index in [1.54, 1.807) is 29.2 Å². The van der Waals surface area contributed by atoms with E-state index in [0.717, 1.165) is 23.4 Å². The number of aromatic nitrogens is 1. The molecule has 0 spiro atoms. The van der Waals surface area contributed by atoms with Crippen LogP contribution in [0.5, 0.6) is 0 Å². The van der Waals surface area contributed by atoms with Crippen LogP contribution in [0, 0.1) is 0 Å². The first-order valence-corrected chi connectivity index (χ1v) is 10.4. The van der Waals surface area contributed by atoms with Gasteiger partial charge >= 0.3 is 6.03 Å². The lowest BCUT2D eigenvalue weighted by Gasteiger charge is -2.26. The maximum absolute atomic E-state index is 12.7. The molecule has 1 aliphatic carbocycles. The fraction of sp³-hybridized carbons (Fsp3) is 0.421. The average Bonchev–Trinajstić information content (AvgIpc) is 3.29. The molecule has 0 saturated heterocycles. The normalized spacial score (nSPS) is 16.9. The lowest BCUT2D eigenvalue weighted by molar-refractivity contribution is 0.0736. The number of anilines is 1. The number of thiazole rings is 1. The highest BCUT2D eigenvalue weighted by molar-refractivity contribution is 7.15. The Morgan fingerprint density at radius 1 is 1.26 bits per heavy atom. The smallest absolute Gasteiger partial charge is 0.321 e. The van der Waals surface area contributed by atoms with Crippen LogP contribution in [0.3, 0.4) is 0 Å². The van der Waals surface area contributed by atoms with Crippen molar-refractivity contribution >= 4 is 40.0 Å². The van der Waals surface area contributed by atoms with Crippen LogP contribution in [0.1, 0.15) is 46.6 Å². The van der Waals surface area contributed by atoms with Crippen molar-refractivity contribution < 1.29 is 9.59 Å². The minimum absolute atomic E-state index is 0.0370. The molecule has 1 saturated carbocycles. The number of amides is 3. The van der Waals surface area contributed by atoms with E-state index in [9.17, 15) is 9.59 Å². The predicted octanol–water partition coefficient (Wildman–Crippen LogP) is 4.06. The SMILES string of the molecule is O=C(Nc1nc2c(s1)CN(C(=O)c1cccc(Cl)c1)CC2)NC1CCCC1. The van der Waals surface area contributed by atoms with Gasteiger partial charge in [0.2, 0.25) is 0 Å². The molecule has 2 aliphatic rings. The van der Waals surface area contributed by atoms with Gasteiger partial charge in [-0.3, -0.25) is 10.1 Å². The first-order valence-electron chi connectivity index (χ1n) is 9.19. The summed E-state index contributed by atoms with van der Waals surface area (Å²) >= 11 is 7.43. The van der Waals surface area contributed by atoms with E-state index in [-0.39, 0.29) is 18.0 Å². The molecule has 2 heterocycles. The number of carbonyl (C=O) groups excluding carboxylic acids is 2. The van der Waals surface area contributed by atoms with Crippen molar-refractivity contribution in [3.05, 3.63) is 45.4 Å². The number of hydrogen-bond donors (Lipinski definition) is 2. The van der Waals surface area contributed by atoms with Crippen LogP contribution in [0.15, 0.2) is 24.3 Å². The Morgan fingerprint density at radius 3 is 2.85 bits per heavy atom. The van der Waals surface area contributed by atoms with E-state index in [4.69, 9.17) is 11.6 Å². The number of nitrogens with one attached hydrogen (secondary N) is 2. The standard InChI is InChI=1S/C19H21ClN4O2S/c20-13-5-3-4-12(10-13)17(25)24-9-8-15-16(11-24)27-19(22-15)23-18(26)21-14-6-1-2-7-14/h3-5,10,14H,1-2,6-9,11H2,(H2,21,22,23,26). The number of hydrogen-bond acceptors (Lipinski definition) is 4. The Balaban J connectivity index is 1.40. The van der Waals surface area contributed by atoms with Crippen molar-refractivity contribution in [1.29, 1.82) is 0 Å². The van der Waals surface area contributed by atoms with Gasteiger partial charge in [0.25, 0.3) is 5.91 Å². The number of rotatable bonds is 3. The van der Waals surface area contributed by atoms with Gasteiger partial charge in [0.05, 0.1) is 12.2 Å². The molecule has 0 atom stereocenters. The third-order valence-corrected chi connectivity index (χ3v) is 6.23. The highest BCUT2D eigenvalue weighted by Crippen LogP contribution is 2.29. The van der Waals surface area contributed by atoms with Crippen molar-refractivity contribution in [2.24, 2.45) is 0 Å². The second-order valence-corrected chi connectivity index (χ2v) is 8.48. The first-order chi connectivity index (χ1) is 13.1. The number of benzene rings is 1. The van der Waals surface area contributed by atoms with Crippen LogP contribution < -0.4 is 10.6 Å². The van der Waals surface area contributed by atoms with Crippen LogP contribution in [0.25, 0.3) is 0 Å². The summed E-state index contributed by atoms with van der Waals surface area (Å²) < 4.78 is 0. The first kappa shape index (κ1) is 18.3. The highest BCUT2D eigenvalue weighted by Gasteiger charge is 2.26. The maximum Gasteiger partial charge on any atom is 0.321 e. The number of nitrogens with zero attached hydrogens (tertiary/aromatic N) is 2. The molecular weight excluding hydrogens is 384 g/mol. The maximum atomic E-state index is 12.7. The van der Waals surface area contributed by atoms with Gasteiger partial charge in [-0.15, -0.1) is 0 Å². The molecule has 0 bridgehead atoms. The topological polar surface area (TPSA) is 74.3 Å². The number of fused-ring (bicyclic) bond motifs is 1. The second-order valence-electron chi connectivity index (χ2n) is 6.96. The summed E-state index contributed by atoms with van der Waals surface area (Å²) in [7, 11) is 0. The van der Waals surface area contributed by atoms with Crippen LogP contribution in [0.2, 0.25) is 5.02 Å². The van der Waals surface area contributed by atoms with E-state index >= 15 is 0 Å². The van der Waals surface area contributed by atoms with E-state index in [0.29, 0.717) is 35.2 Å². The van der Waals surface area contributed by atoms with Gasteiger partial charge in [-0.1, -0.05) is 41.8 Å². The van der Waals surface area contributed by atoms with Crippen molar-refractivity contribution in [1.82, 2.24) is 15.2 Å². The molecule has 0 radical (unpaired) electrons. The molecule has 1 aliphatic heterocycles. The lowest BCUT2D eigenvalue weighted by Crippen LogP contribution is -2.36. The summed E-state index contributed by atoms with van der Waals surface area (Å²) in [4.78, 5) is 32.2. The van der Waals surface area contributed by atoms with Crippen molar-refractivity contribution in [3.63, 3.8) is 0 Å². The Labute approximate surface area is 166 Å². The van der Waals surface area contributed by atoms with Gasteiger partial charge in [-0.2, -0.15) is 0 Å². The molecule has 1 aromatic heterocycles. The molecule has 6 nitrogen and oxygen atoms in total. The van der Waals surface area contributed by atoms with Crippen LogP contribution in [-0.4, -0.2) is 34.4 Å². The Morgan fingerprint density at radius 2 is 2.07 bits per heavy atom. The summed E-state index contributed by atoms with van der Waals surface area (Å²) in [5.41, 5.74) is 1.55. The molecule has 0 unspecified atom stereocenters. The second kappa shape index (κ2) is 7.86. The zero-order chi connectivity index (χ0) is 18.8. The van der Waals surface area contributed by atoms with Crippen molar-refractivity contribution in [3.8, 4) is 0 Å². The van der Waals surface area contributed by atoms with Crippen molar-refractivity contribution in [2.75, 3.05) is 11.9 Å². The Bertz CT molecular complexity index is 863. The summed E-state index contributed by atoms with van der Waals surface area (Å²) in [6.45, 7) is 1.11. The molecule has 8 heteroatoms. The van der Waals surface area contributed by atoms with E-state index in [2.05, 4.69) is 15.6 Å².